The monoisotopic (exact) mass is 376 g/mol. The van der Waals surface area contributed by atoms with Gasteiger partial charge in [0.2, 0.25) is 5.91 Å². The van der Waals surface area contributed by atoms with Crippen molar-refractivity contribution in [2.75, 3.05) is 11.9 Å². The van der Waals surface area contributed by atoms with Crippen LogP contribution in [0.25, 0.3) is 0 Å². The second-order valence-electron chi connectivity index (χ2n) is 5.63. The van der Waals surface area contributed by atoms with Gasteiger partial charge in [-0.15, -0.1) is 0 Å². The van der Waals surface area contributed by atoms with Crippen LogP contribution in [0.4, 0.5) is 5.69 Å². The van der Waals surface area contributed by atoms with Crippen molar-refractivity contribution in [2.24, 2.45) is 0 Å². The molecule has 0 bridgehead atoms. The Labute approximate surface area is 154 Å². The van der Waals surface area contributed by atoms with Gasteiger partial charge in [0.05, 0.1) is 16.1 Å². The van der Waals surface area contributed by atoms with Gasteiger partial charge in [-0.3, -0.25) is 19.3 Å². The number of hydrogen-bond acceptors (Lipinski definition) is 3. The van der Waals surface area contributed by atoms with Gasteiger partial charge < -0.3 is 5.32 Å². The molecule has 0 radical (unpaired) electrons. The maximum Gasteiger partial charge on any atom is 0.263 e. The number of benzene rings is 2. The van der Waals surface area contributed by atoms with Gasteiger partial charge in [0.15, 0.2) is 0 Å². The largest absolute Gasteiger partial charge is 0.326 e. The molecule has 2 aromatic rings. The molecule has 7 heteroatoms. The Morgan fingerprint density at radius 2 is 1.72 bits per heavy atom. The van der Waals surface area contributed by atoms with Crippen LogP contribution in [0.1, 0.15) is 32.7 Å². The average molecular weight is 377 g/mol. The number of carbonyl (C=O) groups excluding carboxylic acids is 3. The summed E-state index contributed by atoms with van der Waals surface area (Å²) >= 11 is 12.0. The number of fused-ring (bicyclic) bond motifs is 1. The number of halogens is 2. The molecule has 1 heterocycles. The molecule has 0 atom stereocenters. The molecule has 5 nitrogen and oxygen atoms in total. The lowest BCUT2D eigenvalue weighted by Crippen LogP contribution is -2.33. The minimum atomic E-state index is -0.475. The topological polar surface area (TPSA) is 66.5 Å². The van der Waals surface area contributed by atoms with Gasteiger partial charge in [0, 0.05) is 23.7 Å². The van der Waals surface area contributed by atoms with Crippen molar-refractivity contribution >= 4 is 46.6 Å². The molecular weight excluding hydrogens is 363 g/mol. The normalized spacial score (nSPS) is 13.2. The first-order valence-electron chi connectivity index (χ1n) is 7.60. The predicted molar refractivity (Wildman–Crippen MR) is 96.3 cm³/mol. The molecule has 1 N–H and O–H groups in total. The molecular formula is C18H14Cl2N2O3. The van der Waals surface area contributed by atoms with Crippen molar-refractivity contribution in [3.8, 4) is 0 Å². The van der Waals surface area contributed by atoms with Crippen LogP contribution in [-0.4, -0.2) is 29.2 Å². The van der Waals surface area contributed by atoms with Crippen molar-refractivity contribution in [1.82, 2.24) is 4.90 Å². The lowest BCUT2D eigenvalue weighted by Gasteiger charge is -2.14. The second kappa shape index (κ2) is 6.86. The summed E-state index contributed by atoms with van der Waals surface area (Å²) in [7, 11) is 0. The zero-order valence-electron chi connectivity index (χ0n) is 13.3. The van der Waals surface area contributed by atoms with E-state index < -0.39 is 11.8 Å². The lowest BCUT2D eigenvalue weighted by atomic mass is 10.1. The van der Waals surface area contributed by atoms with E-state index in [4.69, 9.17) is 23.2 Å². The van der Waals surface area contributed by atoms with Gasteiger partial charge in [-0.2, -0.15) is 0 Å². The Kier molecular flexibility index (Phi) is 4.79. The van der Waals surface area contributed by atoms with E-state index in [0.29, 0.717) is 10.7 Å². The quantitative estimate of drug-likeness (QED) is 0.822. The molecule has 3 rings (SSSR count). The fourth-order valence-corrected chi connectivity index (χ4v) is 3.09. The van der Waals surface area contributed by atoms with Crippen molar-refractivity contribution in [1.29, 1.82) is 0 Å². The fraction of sp³-hybridized carbons (Fsp3) is 0.167. The van der Waals surface area contributed by atoms with Crippen LogP contribution in [0.15, 0.2) is 36.4 Å². The van der Waals surface area contributed by atoms with Gasteiger partial charge in [-0.25, -0.2) is 0 Å². The summed E-state index contributed by atoms with van der Waals surface area (Å²) in [5.41, 5.74) is 1.82. The first-order valence-corrected chi connectivity index (χ1v) is 8.35. The molecule has 0 aliphatic carbocycles. The highest BCUT2D eigenvalue weighted by atomic mass is 35.5. The van der Waals surface area contributed by atoms with Crippen molar-refractivity contribution in [3.63, 3.8) is 0 Å². The van der Waals surface area contributed by atoms with E-state index in [9.17, 15) is 14.4 Å². The number of nitrogens with one attached hydrogen (secondary N) is 1. The summed E-state index contributed by atoms with van der Waals surface area (Å²) in [5.74, 6) is -1.22. The first kappa shape index (κ1) is 17.5. The Hall–Kier alpha value is -2.37. The SMILES string of the molecule is Cc1c(Cl)cccc1NC(=O)CCN1C(=O)c2cccc(Cl)c2C1=O. The van der Waals surface area contributed by atoms with Crippen LogP contribution in [0.5, 0.6) is 0 Å². The second-order valence-corrected chi connectivity index (χ2v) is 6.45. The van der Waals surface area contributed by atoms with Gasteiger partial charge >= 0.3 is 0 Å². The highest BCUT2D eigenvalue weighted by Gasteiger charge is 2.37. The molecule has 25 heavy (non-hydrogen) atoms. The molecule has 0 spiro atoms. The van der Waals surface area contributed by atoms with E-state index >= 15 is 0 Å². The molecule has 1 aliphatic rings. The summed E-state index contributed by atoms with van der Waals surface area (Å²) in [6.07, 6.45) is -0.0188. The molecule has 0 saturated heterocycles. The van der Waals surface area contributed by atoms with Crippen LogP contribution < -0.4 is 5.32 Å². The maximum absolute atomic E-state index is 12.4. The van der Waals surface area contributed by atoms with Crippen molar-refractivity contribution in [2.45, 2.75) is 13.3 Å². The summed E-state index contributed by atoms with van der Waals surface area (Å²) in [6.45, 7) is 1.78. The van der Waals surface area contributed by atoms with Gasteiger partial charge in [0.25, 0.3) is 11.8 Å². The third-order valence-electron chi connectivity index (χ3n) is 4.05. The van der Waals surface area contributed by atoms with Crippen LogP contribution in [0.3, 0.4) is 0 Å². The number of carbonyl (C=O) groups is 3. The highest BCUT2D eigenvalue weighted by Crippen LogP contribution is 2.29. The zero-order chi connectivity index (χ0) is 18.1. The van der Waals surface area contributed by atoms with Gasteiger partial charge in [-0.1, -0.05) is 35.3 Å². The van der Waals surface area contributed by atoms with Crippen LogP contribution >= 0.6 is 23.2 Å². The lowest BCUT2D eigenvalue weighted by molar-refractivity contribution is -0.116. The molecule has 1 aliphatic heterocycles. The minimum Gasteiger partial charge on any atom is -0.326 e. The summed E-state index contributed by atoms with van der Waals surface area (Å²) < 4.78 is 0. The average Bonchev–Trinajstić information content (AvgIpc) is 2.82. The standard InChI is InChI=1S/C18H14Cl2N2O3/c1-10-12(19)5-3-7-14(10)21-15(23)8-9-22-17(24)11-4-2-6-13(20)16(11)18(22)25/h2-7H,8-9H2,1H3,(H,21,23). The summed E-state index contributed by atoms with van der Waals surface area (Å²) in [6, 6.07) is 9.93. The highest BCUT2D eigenvalue weighted by molar-refractivity contribution is 6.37. The Morgan fingerprint density at radius 3 is 2.44 bits per heavy atom. The van der Waals surface area contributed by atoms with E-state index in [1.807, 2.05) is 0 Å². The zero-order valence-corrected chi connectivity index (χ0v) is 14.8. The first-order chi connectivity index (χ1) is 11.9. The van der Waals surface area contributed by atoms with Crippen LogP contribution in [0.2, 0.25) is 10.0 Å². The van der Waals surface area contributed by atoms with E-state index in [1.165, 1.54) is 0 Å². The van der Waals surface area contributed by atoms with Gasteiger partial charge in [0.1, 0.15) is 0 Å². The third kappa shape index (κ3) is 3.25. The van der Waals surface area contributed by atoms with E-state index in [0.717, 1.165) is 10.5 Å². The fourth-order valence-electron chi connectivity index (χ4n) is 2.66. The number of rotatable bonds is 4. The maximum atomic E-state index is 12.4. The molecule has 3 amide bonds. The smallest absolute Gasteiger partial charge is 0.263 e. The van der Waals surface area contributed by atoms with Crippen LogP contribution in [-0.2, 0) is 4.79 Å². The van der Waals surface area contributed by atoms with Crippen molar-refractivity contribution < 1.29 is 14.4 Å². The predicted octanol–water partition coefficient (Wildman–Crippen LogP) is 3.93. The van der Waals surface area contributed by atoms with Gasteiger partial charge in [-0.05, 0) is 36.8 Å². The van der Waals surface area contributed by atoms with E-state index in [2.05, 4.69) is 5.32 Å². The molecule has 128 valence electrons. The Bertz CT molecular complexity index is 896. The third-order valence-corrected chi connectivity index (χ3v) is 4.78. The summed E-state index contributed by atoms with van der Waals surface area (Å²) in [4.78, 5) is 37.9. The molecule has 0 unspecified atom stereocenters. The van der Waals surface area contributed by atoms with Crippen molar-refractivity contribution in [3.05, 3.63) is 63.1 Å². The molecule has 0 fully saturated rings. The van der Waals surface area contributed by atoms with Crippen LogP contribution in [0, 0.1) is 6.92 Å². The summed E-state index contributed by atoms with van der Waals surface area (Å²) in [5, 5.41) is 3.52. The minimum absolute atomic E-state index is 0.0188. The molecule has 2 aromatic carbocycles. The van der Waals surface area contributed by atoms with E-state index in [1.54, 1.807) is 43.3 Å². The number of hydrogen-bond donors (Lipinski definition) is 1. The number of amides is 3. The number of nitrogens with zero attached hydrogens (tertiary/aromatic N) is 1. The molecule has 0 aromatic heterocycles. The number of anilines is 1. The Balaban J connectivity index is 1.67. The number of imide groups is 1. The van der Waals surface area contributed by atoms with E-state index in [-0.39, 0.29) is 35.0 Å². The molecule has 0 saturated carbocycles. The Morgan fingerprint density at radius 1 is 1.04 bits per heavy atom.